The van der Waals surface area contributed by atoms with E-state index in [1.807, 2.05) is 4.90 Å². The number of nitrogens with zero attached hydrogens (tertiary/aromatic N) is 5. The lowest BCUT2D eigenvalue weighted by atomic mass is 10.2. The zero-order valence-electron chi connectivity index (χ0n) is 15.9. The minimum Gasteiger partial charge on any atom is -0.345 e. The van der Waals surface area contributed by atoms with Gasteiger partial charge in [0.2, 0.25) is 5.91 Å². The molecule has 150 valence electrons. The van der Waals surface area contributed by atoms with Crippen LogP contribution in [0, 0.1) is 10.1 Å². The van der Waals surface area contributed by atoms with Crippen molar-refractivity contribution in [3.05, 3.63) is 28.3 Å². The molecule has 2 fully saturated rings. The van der Waals surface area contributed by atoms with Gasteiger partial charge in [-0.15, -0.1) is 0 Å². The number of hydrogen-bond donors (Lipinski definition) is 0. The molecule has 2 aliphatic rings. The van der Waals surface area contributed by atoms with Crippen LogP contribution in [0.3, 0.4) is 0 Å². The van der Waals surface area contributed by atoms with Crippen molar-refractivity contribution < 1.29 is 9.72 Å². The smallest absolute Gasteiger partial charge is 0.270 e. The van der Waals surface area contributed by atoms with Crippen molar-refractivity contribution in [3.8, 4) is 0 Å². The third-order valence-electron chi connectivity index (χ3n) is 5.53. The van der Waals surface area contributed by atoms with Gasteiger partial charge in [0.05, 0.1) is 21.7 Å². The van der Waals surface area contributed by atoms with Crippen LogP contribution in [0.1, 0.15) is 25.7 Å². The second-order valence-electron chi connectivity index (χ2n) is 7.46. The molecule has 1 aromatic carbocycles. The number of nitro groups is 1. The molecule has 0 atom stereocenters. The summed E-state index contributed by atoms with van der Waals surface area (Å²) in [6, 6.07) is 4.80. The van der Waals surface area contributed by atoms with Gasteiger partial charge in [-0.1, -0.05) is 24.2 Å². The minimum absolute atomic E-state index is 0.0968. The molecule has 0 N–H and O–H groups in total. The van der Waals surface area contributed by atoms with Crippen molar-refractivity contribution in [1.29, 1.82) is 0 Å². The van der Waals surface area contributed by atoms with E-state index in [4.69, 9.17) is 0 Å². The molecule has 2 aromatic rings. The highest BCUT2D eigenvalue weighted by molar-refractivity contribution is 7.22. The van der Waals surface area contributed by atoms with Crippen LogP contribution < -0.4 is 4.90 Å². The Morgan fingerprint density at radius 2 is 1.79 bits per heavy atom. The molecule has 8 nitrogen and oxygen atoms in total. The quantitative estimate of drug-likeness (QED) is 0.577. The summed E-state index contributed by atoms with van der Waals surface area (Å²) in [5, 5.41) is 11.9. The standard InChI is InChI=1S/C19H25N5O3S/c25-18(22-7-3-1-2-4-8-22)14-21-9-11-23(12-10-21)19-20-16-6-5-15(24(26)27)13-17(16)28-19/h5-6,13H,1-4,7-12,14H2. The number of benzene rings is 1. The number of nitro benzene ring substituents is 1. The third-order valence-corrected chi connectivity index (χ3v) is 6.61. The first-order valence-corrected chi connectivity index (χ1v) is 10.7. The van der Waals surface area contributed by atoms with Gasteiger partial charge in [0, 0.05) is 51.4 Å². The van der Waals surface area contributed by atoms with E-state index in [1.54, 1.807) is 12.1 Å². The zero-order valence-corrected chi connectivity index (χ0v) is 16.7. The molecular formula is C19H25N5O3S. The van der Waals surface area contributed by atoms with Crippen LogP contribution in [0.4, 0.5) is 10.8 Å². The largest absolute Gasteiger partial charge is 0.345 e. The summed E-state index contributed by atoms with van der Waals surface area (Å²) in [6.07, 6.45) is 4.70. The molecule has 9 heteroatoms. The topological polar surface area (TPSA) is 82.8 Å². The van der Waals surface area contributed by atoms with Gasteiger partial charge < -0.3 is 9.80 Å². The lowest BCUT2D eigenvalue weighted by molar-refractivity contribution is -0.384. The van der Waals surface area contributed by atoms with E-state index in [9.17, 15) is 14.9 Å². The van der Waals surface area contributed by atoms with Crippen LogP contribution in [0.2, 0.25) is 0 Å². The maximum absolute atomic E-state index is 12.6. The minimum atomic E-state index is -0.376. The Hall–Kier alpha value is -2.26. The zero-order chi connectivity index (χ0) is 19.5. The van der Waals surface area contributed by atoms with E-state index >= 15 is 0 Å². The van der Waals surface area contributed by atoms with Gasteiger partial charge in [-0.3, -0.25) is 19.8 Å². The van der Waals surface area contributed by atoms with Gasteiger partial charge in [0.15, 0.2) is 5.13 Å². The average Bonchev–Trinajstić information content (AvgIpc) is 2.92. The van der Waals surface area contributed by atoms with E-state index in [0.29, 0.717) is 6.54 Å². The summed E-state index contributed by atoms with van der Waals surface area (Å²) in [5.74, 6) is 0.252. The number of fused-ring (bicyclic) bond motifs is 1. The molecule has 1 amide bonds. The SMILES string of the molecule is O=C(CN1CCN(c2nc3ccc([N+](=O)[O-])cc3s2)CC1)N1CCCCCC1. The number of rotatable bonds is 4. The second kappa shape index (κ2) is 8.40. The molecule has 2 aliphatic heterocycles. The Morgan fingerprint density at radius 1 is 1.07 bits per heavy atom. The van der Waals surface area contributed by atoms with Crippen LogP contribution in [-0.4, -0.2) is 71.4 Å². The lowest BCUT2D eigenvalue weighted by Gasteiger charge is -2.35. The Morgan fingerprint density at radius 3 is 2.46 bits per heavy atom. The fourth-order valence-corrected chi connectivity index (χ4v) is 4.91. The number of amides is 1. The second-order valence-corrected chi connectivity index (χ2v) is 8.47. The summed E-state index contributed by atoms with van der Waals surface area (Å²) in [4.78, 5) is 34.3. The Balaban J connectivity index is 1.34. The van der Waals surface area contributed by atoms with Crippen molar-refractivity contribution in [2.24, 2.45) is 0 Å². The number of piperazine rings is 1. The van der Waals surface area contributed by atoms with Crippen molar-refractivity contribution in [1.82, 2.24) is 14.8 Å². The van der Waals surface area contributed by atoms with E-state index in [0.717, 1.165) is 67.5 Å². The maximum atomic E-state index is 12.6. The van der Waals surface area contributed by atoms with Crippen LogP contribution in [0.25, 0.3) is 10.2 Å². The summed E-state index contributed by atoms with van der Waals surface area (Å²) in [6.45, 7) is 5.59. The number of aromatic nitrogens is 1. The third kappa shape index (κ3) is 4.25. The van der Waals surface area contributed by atoms with Gasteiger partial charge >= 0.3 is 0 Å². The van der Waals surface area contributed by atoms with Crippen LogP contribution in [0.5, 0.6) is 0 Å². The fourth-order valence-electron chi connectivity index (χ4n) is 3.86. The van der Waals surface area contributed by atoms with E-state index in [-0.39, 0.29) is 16.5 Å². The molecule has 0 spiro atoms. The van der Waals surface area contributed by atoms with Crippen molar-refractivity contribution >= 4 is 38.3 Å². The number of likely N-dealkylation sites (tertiary alicyclic amines) is 1. The first kappa shape index (κ1) is 19.1. The van der Waals surface area contributed by atoms with Crippen molar-refractivity contribution in [2.75, 3.05) is 50.7 Å². The molecule has 28 heavy (non-hydrogen) atoms. The lowest BCUT2D eigenvalue weighted by Crippen LogP contribution is -2.50. The highest BCUT2D eigenvalue weighted by Crippen LogP contribution is 2.31. The highest BCUT2D eigenvalue weighted by Gasteiger charge is 2.24. The first-order valence-electron chi connectivity index (χ1n) is 9.90. The number of carbonyl (C=O) groups is 1. The Labute approximate surface area is 167 Å². The summed E-state index contributed by atoms with van der Waals surface area (Å²) < 4.78 is 0.836. The van der Waals surface area contributed by atoms with Crippen LogP contribution in [-0.2, 0) is 4.79 Å². The Bertz CT molecular complexity index is 854. The normalized spacial score (nSPS) is 19.0. The van der Waals surface area contributed by atoms with Gasteiger partial charge in [-0.05, 0) is 18.9 Å². The maximum Gasteiger partial charge on any atom is 0.270 e. The van der Waals surface area contributed by atoms with E-state index in [2.05, 4.69) is 14.8 Å². The number of non-ortho nitro benzene ring substituents is 1. The monoisotopic (exact) mass is 403 g/mol. The average molecular weight is 404 g/mol. The molecule has 4 rings (SSSR count). The molecule has 0 aliphatic carbocycles. The molecule has 1 aromatic heterocycles. The highest BCUT2D eigenvalue weighted by atomic mass is 32.1. The fraction of sp³-hybridized carbons (Fsp3) is 0.579. The summed E-state index contributed by atoms with van der Waals surface area (Å²) in [5.41, 5.74) is 0.893. The van der Waals surface area contributed by atoms with E-state index in [1.165, 1.54) is 30.2 Å². The molecule has 2 saturated heterocycles. The molecule has 0 bridgehead atoms. The number of thiazole rings is 1. The summed E-state index contributed by atoms with van der Waals surface area (Å²) in [7, 11) is 0. The number of carbonyl (C=O) groups excluding carboxylic acids is 1. The van der Waals surface area contributed by atoms with Gasteiger partial charge in [0.1, 0.15) is 0 Å². The first-order chi connectivity index (χ1) is 13.6. The molecule has 0 saturated carbocycles. The Kier molecular flexibility index (Phi) is 5.72. The predicted molar refractivity (Wildman–Crippen MR) is 110 cm³/mol. The van der Waals surface area contributed by atoms with E-state index < -0.39 is 0 Å². The molecule has 0 radical (unpaired) electrons. The van der Waals surface area contributed by atoms with Crippen LogP contribution in [0.15, 0.2) is 18.2 Å². The van der Waals surface area contributed by atoms with Gasteiger partial charge in [0.25, 0.3) is 5.69 Å². The molecular weight excluding hydrogens is 378 g/mol. The predicted octanol–water partition coefficient (Wildman–Crippen LogP) is 2.73. The van der Waals surface area contributed by atoms with Gasteiger partial charge in [-0.25, -0.2) is 4.98 Å². The number of hydrogen-bond acceptors (Lipinski definition) is 7. The summed E-state index contributed by atoms with van der Waals surface area (Å²) >= 11 is 1.49. The van der Waals surface area contributed by atoms with Crippen LogP contribution >= 0.6 is 11.3 Å². The van der Waals surface area contributed by atoms with Gasteiger partial charge in [-0.2, -0.15) is 0 Å². The van der Waals surface area contributed by atoms with Crippen molar-refractivity contribution in [2.45, 2.75) is 25.7 Å². The molecule has 0 unspecified atom stereocenters. The number of anilines is 1. The van der Waals surface area contributed by atoms with Crippen molar-refractivity contribution in [3.63, 3.8) is 0 Å². The molecule has 3 heterocycles.